The highest BCUT2D eigenvalue weighted by atomic mass is 16.7. The first-order chi connectivity index (χ1) is 11.4. The number of ether oxygens (including phenoxy) is 2. The number of carbonyl (C=O) groups is 2. The van der Waals surface area contributed by atoms with Crippen molar-refractivity contribution in [3.05, 3.63) is 54.6 Å². The van der Waals surface area contributed by atoms with Crippen LogP contribution in [0.15, 0.2) is 49.1 Å². The Hall–Kier alpha value is -2.36. The van der Waals surface area contributed by atoms with Gasteiger partial charge in [0.2, 0.25) is 0 Å². The summed E-state index contributed by atoms with van der Waals surface area (Å²) in [7, 11) is 0. The molecule has 0 amide bonds. The fourth-order valence-electron chi connectivity index (χ4n) is 2.74. The molecule has 1 aliphatic rings. The van der Waals surface area contributed by atoms with Gasteiger partial charge in [0.05, 0.1) is 0 Å². The summed E-state index contributed by atoms with van der Waals surface area (Å²) in [5, 5.41) is 0. The van der Waals surface area contributed by atoms with Crippen LogP contribution < -0.4 is 0 Å². The lowest BCUT2D eigenvalue weighted by atomic mass is 9.78. The van der Waals surface area contributed by atoms with Gasteiger partial charge in [-0.3, -0.25) is 9.59 Å². The molecule has 0 spiro atoms. The number of hydrogen-bond donors (Lipinski definition) is 0. The molecule has 4 nitrogen and oxygen atoms in total. The van der Waals surface area contributed by atoms with Gasteiger partial charge in [-0.1, -0.05) is 48.6 Å². The van der Waals surface area contributed by atoms with Crippen LogP contribution in [-0.4, -0.2) is 17.7 Å². The fourth-order valence-corrected chi connectivity index (χ4v) is 2.74. The van der Waals surface area contributed by atoms with E-state index in [0.717, 1.165) is 5.56 Å². The minimum atomic E-state index is -1.25. The molecule has 1 aromatic rings. The van der Waals surface area contributed by atoms with Crippen LogP contribution >= 0.6 is 0 Å². The normalized spacial score (nSPS) is 18.9. The van der Waals surface area contributed by atoms with Crippen molar-refractivity contribution in [2.75, 3.05) is 0 Å². The highest BCUT2D eigenvalue weighted by Gasteiger charge is 2.54. The first-order valence-electron chi connectivity index (χ1n) is 8.19. The van der Waals surface area contributed by atoms with Gasteiger partial charge in [-0.2, -0.15) is 0 Å². The fraction of sp³-hybridized carbons (Fsp3) is 0.400. The third-order valence-corrected chi connectivity index (χ3v) is 4.08. The third-order valence-electron chi connectivity index (χ3n) is 4.08. The van der Waals surface area contributed by atoms with Crippen molar-refractivity contribution in [1.29, 1.82) is 0 Å². The van der Waals surface area contributed by atoms with Gasteiger partial charge in [-0.15, -0.1) is 6.58 Å². The minimum absolute atomic E-state index is 0.351. The smallest absolute Gasteiger partial charge is 0.326 e. The van der Waals surface area contributed by atoms with E-state index in [9.17, 15) is 9.59 Å². The Morgan fingerprint density at radius 1 is 1.00 bits per heavy atom. The monoisotopic (exact) mass is 328 g/mol. The standard InChI is InChI=1S/C20H24O4/c1-4-5-14-20(17(21)23-19(2,3)24-18(20)22)15-10-9-13-16-11-7-6-8-12-16/h4,6-9,11-13H,1,5,10,14-15H2,2-3H3/b13-9+. The number of esters is 2. The van der Waals surface area contributed by atoms with Crippen LogP contribution in [0.4, 0.5) is 0 Å². The molecule has 1 heterocycles. The van der Waals surface area contributed by atoms with Crippen molar-refractivity contribution in [3.63, 3.8) is 0 Å². The van der Waals surface area contributed by atoms with Crippen LogP contribution in [0.5, 0.6) is 0 Å². The van der Waals surface area contributed by atoms with Crippen molar-refractivity contribution in [3.8, 4) is 0 Å². The third kappa shape index (κ3) is 4.13. The summed E-state index contributed by atoms with van der Waals surface area (Å²) in [5.41, 5.74) is -0.169. The second kappa shape index (κ2) is 7.47. The average molecular weight is 328 g/mol. The number of benzene rings is 1. The van der Waals surface area contributed by atoms with Gasteiger partial charge in [0.15, 0.2) is 5.41 Å². The van der Waals surface area contributed by atoms with E-state index in [1.807, 2.05) is 42.5 Å². The molecule has 128 valence electrons. The number of carbonyl (C=O) groups excluding carboxylic acids is 2. The van der Waals surface area contributed by atoms with Crippen molar-refractivity contribution in [2.45, 2.75) is 45.3 Å². The first-order valence-corrected chi connectivity index (χ1v) is 8.19. The molecule has 0 aromatic heterocycles. The van der Waals surface area contributed by atoms with Gasteiger partial charge in [0.1, 0.15) is 0 Å². The maximum Gasteiger partial charge on any atom is 0.326 e. The summed E-state index contributed by atoms with van der Waals surface area (Å²) in [6.07, 6.45) is 7.48. The van der Waals surface area contributed by atoms with E-state index in [-0.39, 0.29) is 0 Å². The predicted octanol–water partition coefficient (Wildman–Crippen LogP) is 4.27. The Balaban J connectivity index is 2.10. The molecule has 0 bridgehead atoms. The van der Waals surface area contributed by atoms with E-state index in [0.29, 0.717) is 25.7 Å². The van der Waals surface area contributed by atoms with Gasteiger partial charge in [-0.25, -0.2) is 0 Å². The molecule has 2 rings (SSSR count). The summed E-state index contributed by atoms with van der Waals surface area (Å²) in [6, 6.07) is 9.87. The van der Waals surface area contributed by atoms with E-state index in [4.69, 9.17) is 9.47 Å². The second-order valence-electron chi connectivity index (χ2n) is 6.44. The van der Waals surface area contributed by atoms with E-state index < -0.39 is 23.1 Å². The summed E-state index contributed by atoms with van der Waals surface area (Å²) in [6.45, 7) is 6.80. The summed E-state index contributed by atoms with van der Waals surface area (Å²) in [4.78, 5) is 25.1. The maximum absolute atomic E-state index is 12.5. The predicted molar refractivity (Wildman–Crippen MR) is 92.8 cm³/mol. The molecule has 24 heavy (non-hydrogen) atoms. The molecule has 0 aliphatic carbocycles. The SMILES string of the molecule is C=CCCC1(CC/C=C/c2ccccc2)C(=O)OC(C)(C)OC1=O. The molecular weight excluding hydrogens is 304 g/mol. The molecule has 0 N–H and O–H groups in total. The largest absolute Gasteiger partial charge is 0.422 e. The lowest BCUT2D eigenvalue weighted by molar-refractivity contribution is -0.252. The topological polar surface area (TPSA) is 52.6 Å². The first kappa shape index (κ1) is 18.0. The van der Waals surface area contributed by atoms with Crippen molar-refractivity contribution >= 4 is 18.0 Å². The average Bonchev–Trinajstić information content (AvgIpc) is 2.53. The van der Waals surface area contributed by atoms with Crippen molar-refractivity contribution in [1.82, 2.24) is 0 Å². The zero-order valence-corrected chi connectivity index (χ0v) is 14.3. The van der Waals surface area contributed by atoms with E-state index in [1.165, 1.54) is 0 Å². The number of cyclic esters (lactones) is 2. The molecule has 1 saturated heterocycles. The lowest BCUT2D eigenvalue weighted by Gasteiger charge is -2.40. The van der Waals surface area contributed by atoms with Crippen LogP contribution in [0.2, 0.25) is 0 Å². The Bertz CT molecular complexity index is 608. The van der Waals surface area contributed by atoms with Gasteiger partial charge < -0.3 is 9.47 Å². The highest BCUT2D eigenvalue weighted by Crippen LogP contribution is 2.40. The number of rotatable bonds is 7. The highest BCUT2D eigenvalue weighted by molar-refractivity contribution is 6.01. The maximum atomic E-state index is 12.5. The Morgan fingerprint density at radius 2 is 1.58 bits per heavy atom. The second-order valence-corrected chi connectivity index (χ2v) is 6.44. The summed E-state index contributed by atoms with van der Waals surface area (Å²) < 4.78 is 10.7. The van der Waals surface area contributed by atoms with Crippen molar-refractivity contribution in [2.24, 2.45) is 5.41 Å². The molecule has 0 unspecified atom stereocenters. The van der Waals surface area contributed by atoms with Crippen LogP contribution in [-0.2, 0) is 19.1 Å². The van der Waals surface area contributed by atoms with Gasteiger partial charge in [0.25, 0.3) is 5.79 Å². The van der Waals surface area contributed by atoms with Crippen LogP contribution in [0.3, 0.4) is 0 Å². The zero-order chi connectivity index (χ0) is 17.6. The van der Waals surface area contributed by atoms with E-state index >= 15 is 0 Å². The molecular formula is C20H24O4. The summed E-state index contributed by atoms with van der Waals surface area (Å²) in [5.74, 6) is -2.21. The zero-order valence-electron chi connectivity index (χ0n) is 14.3. The van der Waals surface area contributed by atoms with Crippen LogP contribution in [0.25, 0.3) is 6.08 Å². The van der Waals surface area contributed by atoms with Crippen LogP contribution in [0.1, 0.15) is 45.1 Å². The molecule has 0 radical (unpaired) electrons. The van der Waals surface area contributed by atoms with Gasteiger partial charge >= 0.3 is 11.9 Å². The van der Waals surface area contributed by atoms with E-state index in [2.05, 4.69) is 6.58 Å². The van der Waals surface area contributed by atoms with Crippen molar-refractivity contribution < 1.29 is 19.1 Å². The molecule has 4 heteroatoms. The minimum Gasteiger partial charge on any atom is -0.422 e. The Morgan fingerprint density at radius 3 is 2.17 bits per heavy atom. The van der Waals surface area contributed by atoms with Gasteiger partial charge in [-0.05, 0) is 31.2 Å². The summed E-state index contributed by atoms with van der Waals surface area (Å²) >= 11 is 0. The molecule has 1 fully saturated rings. The van der Waals surface area contributed by atoms with Gasteiger partial charge in [0, 0.05) is 13.8 Å². The Kier molecular flexibility index (Phi) is 5.60. The van der Waals surface area contributed by atoms with Crippen LogP contribution in [0, 0.1) is 5.41 Å². The molecule has 1 aliphatic heterocycles. The number of hydrogen-bond acceptors (Lipinski definition) is 4. The van der Waals surface area contributed by atoms with E-state index in [1.54, 1.807) is 19.9 Å². The quantitative estimate of drug-likeness (QED) is 0.426. The number of allylic oxidation sites excluding steroid dienone is 2. The molecule has 0 atom stereocenters. The lowest BCUT2D eigenvalue weighted by Crippen LogP contribution is -2.53. The molecule has 1 aromatic carbocycles. The Labute approximate surface area is 143 Å². The molecule has 0 saturated carbocycles.